The molecule has 2 heterocycles. The minimum Gasteiger partial charge on any atom is -0.478 e. The van der Waals surface area contributed by atoms with E-state index in [1.807, 2.05) is 18.2 Å². The number of pyridine rings is 1. The largest absolute Gasteiger partial charge is 0.478 e. The number of carbonyl (C=O) groups is 2. The molecule has 1 atom stereocenters. The molecule has 9 heteroatoms. The van der Waals surface area contributed by atoms with Gasteiger partial charge in [-0.25, -0.2) is 9.59 Å². The van der Waals surface area contributed by atoms with E-state index in [0.29, 0.717) is 38.9 Å². The van der Waals surface area contributed by atoms with Gasteiger partial charge in [0.1, 0.15) is 17.5 Å². The zero-order chi connectivity index (χ0) is 24.2. The van der Waals surface area contributed by atoms with E-state index in [1.165, 1.54) is 12.3 Å². The second kappa shape index (κ2) is 9.76. The highest BCUT2D eigenvalue weighted by Gasteiger charge is 2.21. The molecule has 34 heavy (non-hydrogen) atoms. The van der Waals surface area contributed by atoms with Gasteiger partial charge in [-0.1, -0.05) is 53.2 Å². The molecule has 0 saturated heterocycles. The molecule has 1 unspecified atom stereocenters. The molecule has 0 aliphatic heterocycles. The SMILES string of the molecule is Cc1onc(-c2cccc(-c3cncc(C(=O)O)c3)c2)c1NC(=O)OC(C)c1ccccc1Cl. The Morgan fingerprint density at radius 1 is 1.06 bits per heavy atom. The van der Waals surface area contributed by atoms with E-state index in [2.05, 4.69) is 15.5 Å². The van der Waals surface area contributed by atoms with Crippen LogP contribution >= 0.6 is 11.6 Å². The molecule has 2 N–H and O–H groups in total. The number of carboxylic acids is 1. The summed E-state index contributed by atoms with van der Waals surface area (Å²) < 4.78 is 10.8. The summed E-state index contributed by atoms with van der Waals surface area (Å²) in [5.74, 6) is -0.661. The number of carbonyl (C=O) groups excluding carboxylic acids is 1. The summed E-state index contributed by atoms with van der Waals surface area (Å²) in [5.41, 5.74) is 3.56. The number of nitrogens with one attached hydrogen (secondary N) is 1. The summed E-state index contributed by atoms with van der Waals surface area (Å²) >= 11 is 6.19. The van der Waals surface area contributed by atoms with Crippen LogP contribution in [0.3, 0.4) is 0 Å². The smallest absolute Gasteiger partial charge is 0.412 e. The van der Waals surface area contributed by atoms with Crippen LogP contribution in [0.1, 0.15) is 34.7 Å². The number of amides is 1. The van der Waals surface area contributed by atoms with Gasteiger partial charge < -0.3 is 14.4 Å². The van der Waals surface area contributed by atoms with Gasteiger partial charge >= 0.3 is 12.1 Å². The van der Waals surface area contributed by atoms with E-state index in [9.17, 15) is 14.7 Å². The Hall–Kier alpha value is -4.17. The van der Waals surface area contributed by atoms with Gasteiger partial charge in [-0.05, 0) is 37.6 Å². The number of hydrogen-bond donors (Lipinski definition) is 2. The lowest BCUT2D eigenvalue weighted by atomic mass is 10.0. The average Bonchev–Trinajstić information content (AvgIpc) is 3.19. The summed E-state index contributed by atoms with van der Waals surface area (Å²) in [7, 11) is 0. The number of carboxylic acid groups (broad SMARTS) is 1. The van der Waals surface area contributed by atoms with Crippen molar-refractivity contribution >= 4 is 29.4 Å². The minimum absolute atomic E-state index is 0.0814. The van der Waals surface area contributed by atoms with Crippen molar-refractivity contribution in [3.05, 3.63) is 88.9 Å². The van der Waals surface area contributed by atoms with Crippen molar-refractivity contribution in [1.82, 2.24) is 10.1 Å². The first kappa shape index (κ1) is 23.0. The zero-order valence-corrected chi connectivity index (χ0v) is 19.0. The number of rotatable bonds is 6. The van der Waals surface area contributed by atoms with Crippen LogP contribution in [0.5, 0.6) is 0 Å². The second-order valence-corrected chi connectivity index (χ2v) is 7.91. The first-order chi connectivity index (χ1) is 16.3. The highest BCUT2D eigenvalue weighted by molar-refractivity contribution is 6.31. The first-order valence-corrected chi connectivity index (χ1v) is 10.7. The lowest BCUT2D eigenvalue weighted by Crippen LogP contribution is -2.17. The van der Waals surface area contributed by atoms with Crippen LogP contribution in [0.15, 0.2) is 71.5 Å². The fourth-order valence-corrected chi connectivity index (χ4v) is 3.73. The molecule has 172 valence electrons. The third-order valence-corrected chi connectivity index (χ3v) is 5.52. The molecule has 0 bridgehead atoms. The standard InChI is InChI=1S/C25H20ClN3O5/c1-14(20-8-3-4-9-21(20)26)33-25(32)28-22-15(2)34-29-23(22)17-7-5-6-16(10-17)18-11-19(24(30)31)13-27-12-18/h3-14H,1-2H3,(H,28,32)(H,30,31). The van der Waals surface area contributed by atoms with E-state index >= 15 is 0 Å². The predicted octanol–water partition coefficient (Wildman–Crippen LogP) is 6.37. The Bertz CT molecular complexity index is 1370. The lowest BCUT2D eigenvalue weighted by molar-refractivity contribution is 0.0696. The minimum atomic E-state index is -1.06. The van der Waals surface area contributed by atoms with Crippen molar-refractivity contribution < 1.29 is 24.0 Å². The van der Waals surface area contributed by atoms with Crippen molar-refractivity contribution in [2.75, 3.05) is 5.32 Å². The number of ether oxygens (including phenoxy) is 1. The highest BCUT2D eigenvalue weighted by Crippen LogP contribution is 2.33. The van der Waals surface area contributed by atoms with Crippen molar-refractivity contribution in [1.29, 1.82) is 0 Å². The number of aromatic nitrogens is 2. The normalized spacial score (nSPS) is 11.6. The number of nitrogens with zero attached hydrogens (tertiary/aromatic N) is 2. The maximum Gasteiger partial charge on any atom is 0.412 e. The molecular weight excluding hydrogens is 458 g/mol. The molecule has 4 rings (SSSR count). The van der Waals surface area contributed by atoms with E-state index in [-0.39, 0.29) is 5.56 Å². The Balaban J connectivity index is 1.58. The number of halogens is 1. The summed E-state index contributed by atoms with van der Waals surface area (Å²) in [6.45, 7) is 3.40. The van der Waals surface area contributed by atoms with E-state index < -0.39 is 18.2 Å². The van der Waals surface area contributed by atoms with E-state index in [0.717, 1.165) is 5.56 Å². The quantitative estimate of drug-likeness (QED) is 0.331. The molecule has 0 spiro atoms. The lowest BCUT2D eigenvalue weighted by Gasteiger charge is -2.15. The monoisotopic (exact) mass is 477 g/mol. The Morgan fingerprint density at radius 3 is 2.59 bits per heavy atom. The van der Waals surface area contributed by atoms with Crippen molar-refractivity contribution in [3.63, 3.8) is 0 Å². The van der Waals surface area contributed by atoms with Gasteiger partial charge in [-0.2, -0.15) is 0 Å². The zero-order valence-electron chi connectivity index (χ0n) is 18.3. The summed E-state index contributed by atoms with van der Waals surface area (Å²) in [6, 6.07) is 15.9. The molecule has 2 aromatic heterocycles. The maximum atomic E-state index is 12.6. The molecule has 1 amide bonds. The molecule has 0 radical (unpaired) electrons. The van der Waals surface area contributed by atoms with Gasteiger partial charge in [0.25, 0.3) is 0 Å². The maximum absolute atomic E-state index is 12.6. The van der Waals surface area contributed by atoms with E-state index in [4.69, 9.17) is 20.9 Å². The Kier molecular flexibility index (Phi) is 6.60. The van der Waals surface area contributed by atoms with Crippen molar-refractivity contribution in [3.8, 4) is 22.4 Å². The fourth-order valence-electron chi connectivity index (χ4n) is 3.44. The summed E-state index contributed by atoms with van der Waals surface area (Å²) in [5, 5.41) is 16.5. The van der Waals surface area contributed by atoms with Crippen molar-refractivity contribution in [2.45, 2.75) is 20.0 Å². The van der Waals surface area contributed by atoms with Gasteiger partial charge in [-0.3, -0.25) is 10.3 Å². The molecule has 0 aliphatic rings. The number of benzene rings is 2. The van der Waals surface area contributed by atoms with Crippen molar-refractivity contribution in [2.24, 2.45) is 0 Å². The average molecular weight is 478 g/mol. The Labute approximate surface area is 200 Å². The molecule has 0 fully saturated rings. The van der Waals surface area contributed by atoms with E-state index in [1.54, 1.807) is 50.4 Å². The van der Waals surface area contributed by atoms with Gasteiger partial charge in [-0.15, -0.1) is 0 Å². The van der Waals surface area contributed by atoms with Crippen LogP contribution in [0.25, 0.3) is 22.4 Å². The van der Waals surface area contributed by atoms with Crippen LogP contribution < -0.4 is 5.32 Å². The van der Waals surface area contributed by atoms with Gasteiger partial charge in [0.2, 0.25) is 0 Å². The van der Waals surface area contributed by atoms with Crippen LogP contribution in [0.2, 0.25) is 5.02 Å². The highest BCUT2D eigenvalue weighted by atomic mass is 35.5. The van der Waals surface area contributed by atoms with Crippen LogP contribution in [-0.4, -0.2) is 27.3 Å². The number of aromatic carboxylic acids is 1. The van der Waals surface area contributed by atoms with Crippen LogP contribution in [0.4, 0.5) is 10.5 Å². The summed E-state index contributed by atoms with van der Waals surface area (Å²) in [6.07, 6.45) is 1.60. The molecule has 0 aliphatic carbocycles. The van der Waals surface area contributed by atoms with Crippen LogP contribution in [0, 0.1) is 6.92 Å². The molecule has 4 aromatic rings. The summed E-state index contributed by atoms with van der Waals surface area (Å²) in [4.78, 5) is 27.9. The Morgan fingerprint density at radius 2 is 1.82 bits per heavy atom. The van der Waals surface area contributed by atoms with Gasteiger partial charge in [0, 0.05) is 34.1 Å². The second-order valence-electron chi connectivity index (χ2n) is 7.50. The van der Waals surface area contributed by atoms with Gasteiger partial charge in [0.15, 0.2) is 5.76 Å². The number of anilines is 1. The van der Waals surface area contributed by atoms with Crippen LogP contribution in [-0.2, 0) is 4.74 Å². The fraction of sp³-hybridized carbons (Fsp3) is 0.120. The molecular formula is C25H20ClN3O5. The number of hydrogen-bond acceptors (Lipinski definition) is 6. The third-order valence-electron chi connectivity index (χ3n) is 5.17. The number of aryl methyl sites for hydroxylation is 1. The molecule has 2 aromatic carbocycles. The molecule has 0 saturated carbocycles. The van der Waals surface area contributed by atoms with Gasteiger partial charge in [0.05, 0.1) is 5.56 Å². The third kappa shape index (κ3) is 4.92. The molecule has 8 nitrogen and oxygen atoms in total. The topological polar surface area (TPSA) is 115 Å². The predicted molar refractivity (Wildman–Crippen MR) is 127 cm³/mol. The first-order valence-electron chi connectivity index (χ1n) is 10.3.